The van der Waals surface area contributed by atoms with Crippen molar-refractivity contribution in [3.63, 3.8) is 0 Å². The first-order valence-electron chi connectivity index (χ1n) is 9.24. The van der Waals surface area contributed by atoms with Crippen molar-refractivity contribution in [1.82, 2.24) is 14.9 Å². The number of nitrogens with zero attached hydrogens (tertiary/aromatic N) is 2. The molecule has 2 saturated heterocycles. The first-order chi connectivity index (χ1) is 12.6. The number of ether oxygens (including phenoxy) is 1. The van der Waals surface area contributed by atoms with Crippen LogP contribution in [0.3, 0.4) is 0 Å². The van der Waals surface area contributed by atoms with Crippen LogP contribution in [0.2, 0.25) is 0 Å². The highest BCUT2D eigenvalue weighted by molar-refractivity contribution is 14.0. The van der Waals surface area contributed by atoms with Gasteiger partial charge in [-0.1, -0.05) is 6.42 Å². The van der Waals surface area contributed by atoms with Gasteiger partial charge >= 0.3 is 0 Å². The molecule has 1 atom stereocenters. The molecule has 1 aromatic rings. The molecular weight excluding hydrogens is 499 g/mol. The number of sulfonamides is 1. The minimum Gasteiger partial charge on any atom is -0.376 e. The Morgan fingerprint density at radius 1 is 1.26 bits per heavy atom. The minimum absolute atomic E-state index is 0. The largest absolute Gasteiger partial charge is 0.376 e. The Hall–Kier alpha value is -0.430. The third-order valence-corrected chi connectivity index (χ3v) is 8.17. The number of rotatable bonds is 6. The molecule has 7 nitrogen and oxygen atoms in total. The lowest BCUT2D eigenvalue weighted by Crippen LogP contribution is -2.40. The van der Waals surface area contributed by atoms with Crippen LogP contribution in [0.5, 0.6) is 0 Å². The van der Waals surface area contributed by atoms with Crippen molar-refractivity contribution >= 4 is 51.3 Å². The van der Waals surface area contributed by atoms with Gasteiger partial charge in [0.15, 0.2) is 5.96 Å². The highest BCUT2D eigenvalue weighted by Crippen LogP contribution is 2.27. The maximum Gasteiger partial charge on any atom is 0.252 e. The number of halogens is 1. The second kappa shape index (κ2) is 10.9. The fourth-order valence-electron chi connectivity index (χ4n) is 3.23. The molecule has 27 heavy (non-hydrogen) atoms. The third-order valence-electron chi connectivity index (χ3n) is 4.72. The molecule has 0 radical (unpaired) electrons. The minimum atomic E-state index is -3.34. The average molecular weight is 528 g/mol. The summed E-state index contributed by atoms with van der Waals surface area (Å²) in [6.45, 7) is 3.38. The van der Waals surface area contributed by atoms with Crippen LogP contribution in [-0.2, 0) is 21.3 Å². The topological polar surface area (TPSA) is 83.0 Å². The Morgan fingerprint density at radius 2 is 2.04 bits per heavy atom. The van der Waals surface area contributed by atoms with Crippen LogP contribution in [0.4, 0.5) is 0 Å². The summed E-state index contributed by atoms with van der Waals surface area (Å²) in [4.78, 5) is 5.18. The number of aliphatic imine (C=N–C) groups is 1. The summed E-state index contributed by atoms with van der Waals surface area (Å²) in [6.07, 6.45) is 5.45. The molecule has 0 spiro atoms. The summed E-state index contributed by atoms with van der Waals surface area (Å²) in [5, 5.41) is 6.50. The summed E-state index contributed by atoms with van der Waals surface area (Å²) in [5.74, 6) is 0.703. The summed E-state index contributed by atoms with van der Waals surface area (Å²) in [6, 6.07) is 3.59. The average Bonchev–Trinajstić information content (AvgIpc) is 3.35. The van der Waals surface area contributed by atoms with E-state index in [1.807, 2.05) is 6.07 Å². The zero-order valence-corrected chi connectivity index (χ0v) is 19.6. The van der Waals surface area contributed by atoms with Crippen molar-refractivity contribution in [3.05, 3.63) is 17.0 Å². The zero-order chi connectivity index (χ0) is 18.4. The van der Waals surface area contributed by atoms with Crippen LogP contribution in [0, 0.1) is 0 Å². The molecule has 3 heterocycles. The molecule has 1 aromatic heterocycles. The van der Waals surface area contributed by atoms with E-state index in [0.29, 0.717) is 29.8 Å². The van der Waals surface area contributed by atoms with Gasteiger partial charge in [-0.25, -0.2) is 8.42 Å². The molecule has 10 heteroatoms. The van der Waals surface area contributed by atoms with Crippen molar-refractivity contribution in [2.24, 2.45) is 4.99 Å². The van der Waals surface area contributed by atoms with E-state index in [9.17, 15) is 8.42 Å². The van der Waals surface area contributed by atoms with E-state index in [4.69, 9.17) is 4.74 Å². The van der Waals surface area contributed by atoms with Gasteiger partial charge in [0.1, 0.15) is 4.21 Å². The number of piperidine rings is 1. The number of guanidine groups is 1. The lowest BCUT2D eigenvalue weighted by atomic mass is 10.2. The van der Waals surface area contributed by atoms with Crippen LogP contribution in [0.15, 0.2) is 21.3 Å². The predicted molar refractivity (Wildman–Crippen MR) is 120 cm³/mol. The van der Waals surface area contributed by atoms with Crippen molar-refractivity contribution in [1.29, 1.82) is 0 Å². The molecule has 2 fully saturated rings. The van der Waals surface area contributed by atoms with Crippen LogP contribution in [0.1, 0.15) is 37.0 Å². The van der Waals surface area contributed by atoms with Crippen molar-refractivity contribution < 1.29 is 13.2 Å². The highest BCUT2D eigenvalue weighted by atomic mass is 127. The molecule has 0 saturated carbocycles. The Bertz CT molecular complexity index is 712. The molecule has 0 amide bonds. The fraction of sp³-hybridized carbons (Fsp3) is 0.706. The predicted octanol–water partition coefficient (Wildman–Crippen LogP) is 2.38. The third kappa shape index (κ3) is 6.28. The Morgan fingerprint density at radius 3 is 2.70 bits per heavy atom. The summed E-state index contributed by atoms with van der Waals surface area (Å²) in [7, 11) is -1.62. The second-order valence-electron chi connectivity index (χ2n) is 6.63. The van der Waals surface area contributed by atoms with Crippen LogP contribution in [-0.4, -0.2) is 58.1 Å². The van der Waals surface area contributed by atoms with E-state index < -0.39 is 10.0 Å². The SMILES string of the molecule is CN=C(NCc1ccc(S(=O)(=O)N2CCCCC2)s1)NCC1CCCO1.I. The summed E-state index contributed by atoms with van der Waals surface area (Å²) < 4.78 is 33.1. The van der Waals surface area contributed by atoms with Crippen LogP contribution in [0.25, 0.3) is 0 Å². The first kappa shape index (κ1) is 22.9. The maximum absolute atomic E-state index is 12.7. The van der Waals surface area contributed by atoms with Crippen molar-refractivity contribution in [2.45, 2.75) is 49.0 Å². The van der Waals surface area contributed by atoms with E-state index in [2.05, 4.69) is 15.6 Å². The van der Waals surface area contributed by atoms with Gasteiger partial charge in [-0.05, 0) is 37.8 Å². The fourth-order valence-corrected chi connectivity index (χ4v) is 6.20. The normalized spacial score (nSPS) is 21.7. The van der Waals surface area contributed by atoms with Crippen LogP contribution >= 0.6 is 35.3 Å². The number of nitrogens with one attached hydrogen (secondary N) is 2. The van der Waals surface area contributed by atoms with Gasteiger partial charge in [0.2, 0.25) is 0 Å². The standard InChI is InChI=1S/C17H28N4O3S2.HI/c1-18-17(19-12-14-6-5-11-24-14)20-13-15-7-8-16(25-15)26(22,23)21-9-3-2-4-10-21;/h7-8,14H,2-6,9-13H2,1H3,(H2,18,19,20);1H. The van der Waals surface area contributed by atoms with E-state index >= 15 is 0 Å². The summed E-state index contributed by atoms with van der Waals surface area (Å²) >= 11 is 1.33. The van der Waals surface area contributed by atoms with Gasteiger partial charge in [-0.2, -0.15) is 4.31 Å². The molecule has 2 N–H and O–H groups in total. The van der Waals surface area contributed by atoms with E-state index in [0.717, 1.165) is 50.1 Å². The van der Waals surface area contributed by atoms with E-state index in [-0.39, 0.29) is 30.1 Å². The Labute approximate surface area is 183 Å². The summed E-state index contributed by atoms with van der Waals surface area (Å²) in [5.41, 5.74) is 0. The highest BCUT2D eigenvalue weighted by Gasteiger charge is 2.27. The van der Waals surface area contributed by atoms with Gasteiger partial charge in [0.05, 0.1) is 12.6 Å². The molecule has 0 aromatic carbocycles. The molecule has 154 valence electrons. The van der Waals surface area contributed by atoms with Crippen molar-refractivity contribution in [2.75, 3.05) is 33.3 Å². The first-order valence-corrected chi connectivity index (χ1v) is 11.5. The molecule has 0 bridgehead atoms. The monoisotopic (exact) mass is 528 g/mol. The van der Waals surface area contributed by atoms with E-state index in [1.54, 1.807) is 17.4 Å². The molecule has 3 rings (SSSR count). The zero-order valence-electron chi connectivity index (χ0n) is 15.6. The maximum atomic E-state index is 12.7. The van der Waals surface area contributed by atoms with Gasteiger partial charge in [-0.3, -0.25) is 4.99 Å². The molecule has 1 unspecified atom stereocenters. The van der Waals surface area contributed by atoms with Crippen molar-refractivity contribution in [3.8, 4) is 0 Å². The molecule has 2 aliphatic rings. The molecule has 0 aliphatic carbocycles. The Balaban J connectivity index is 0.00000261. The smallest absolute Gasteiger partial charge is 0.252 e. The van der Waals surface area contributed by atoms with Crippen LogP contribution < -0.4 is 10.6 Å². The second-order valence-corrected chi connectivity index (χ2v) is 9.96. The molecular formula is C17H29IN4O3S2. The number of hydrogen-bond acceptors (Lipinski definition) is 5. The number of thiophene rings is 1. The van der Waals surface area contributed by atoms with Gasteiger partial charge in [0, 0.05) is 38.2 Å². The molecule has 2 aliphatic heterocycles. The van der Waals surface area contributed by atoms with Gasteiger partial charge < -0.3 is 15.4 Å². The van der Waals surface area contributed by atoms with E-state index in [1.165, 1.54) is 11.3 Å². The lowest BCUT2D eigenvalue weighted by Gasteiger charge is -2.25. The Kier molecular flexibility index (Phi) is 9.26. The number of hydrogen-bond donors (Lipinski definition) is 2. The quantitative estimate of drug-likeness (QED) is 0.337. The van der Waals surface area contributed by atoms with Gasteiger partial charge in [0.25, 0.3) is 10.0 Å². The lowest BCUT2D eigenvalue weighted by molar-refractivity contribution is 0.114. The van der Waals surface area contributed by atoms with Gasteiger partial charge in [-0.15, -0.1) is 35.3 Å².